The molecule has 1 N–H and O–H groups in total. The van der Waals surface area contributed by atoms with Gasteiger partial charge in [-0.15, -0.1) is 11.3 Å². The first-order valence-electron chi connectivity index (χ1n) is 6.28. The van der Waals surface area contributed by atoms with Gasteiger partial charge in [-0.3, -0.25) is 9.78 Å². The van der Waals surface area contributed by atoms with Crippen LogP contribution in [-0.4, -0.2) is 30.5 Å². The van der Waals surface area contributed by atoms with Crippen LogP contribution in [0.15, 0.2) is 34.9 Å². The molecule has 2 aromatic rings. The summed E-state index contributed by atoms with van der Waals surface area (Å²) in [4.78, 5) is 20.1. The quantitative estimate of drug-likeness (QED) is 0.906. The molecular weight excluding hydrogens is 310 g/mol. The minimum absolute atomic E-state index is 0.0408. The van der Waals surface area contributed by atoms with Crippen LogP contribution >= 0.6 is 11.3 Å². The van der Waals surface area contributed by atoms with Crippen LogP contribution in [0.5, 0.6) is 0 Å². The predicted molar refractivity (Wildman–Crippen MR) is 80.0 cm³/mol. The lowest BCUT2D eigenvalue weighted by molar-refractivity contribution is 0.0935. The number of sulfone groups is 1. The number of rotatable bonds is 5. The van der Waals surface area contributed by atoms with E-state index in [1.54, 1.807) is 24.5 Å². The van der Waals surface area contributed by atoms with E-state index in [2.05, 4.69) is 15.3 Å². The maximum atomic E-state index is 12.1. The molecule has 112 valence electrons. The summed E-state index contributed by atoms with van der Waals surface area (Å²) in [5.41, 5.74) is 0.503. The van der Waals surface area contributed by atoms with Crippen molar-refractivity contribution in [2.75, 3.05) is 6.26 Å². The van der Waals surface area contributed by atoms with Crippen molar-refractivity contribution in [2.45, 2.75) is 24.4 Å². The van der Waals surface area contributed by atoms with E-state index in [0.717, 1.165) is 6.26 Å². The van der Waals surface area contributed by atoms with Gasteiger partial charge in [0.25, 0.3) is 5.91 Å². The largest absolute Gasteiger partial charge is 0.343 e. The molecule has 0 aliphatic rings. The molecule has 21 heavy (non-hydrogen) atoms. The Balaban J connectivity index is 2.17. The second-order valence-corrected chi connectivity index (χ2v) is 7.32. The van der Waals surface area contributed by atoms with Gasteiger partial charge < -0.3 is 5.32 Å². The molecule has 0 aromatic carbocycles. The average Bonchev–Trinajstić information content (AvgIpc) is 2.95. The summed E-state index contributed by atoms with van der Waals surface area (Å²) in [6, 6.07) is 2.92. The van der Waals surface area contributed by atoms with Crippen LogP contribution in [-0.2, 0) is 9.84 Å². The molecule has 6 nitrogen and oxygen atoms in total. The maximum Gasteiger partial charge on any atom is 0.251 e. The van der Waals surface area contributed by atoms with Crippen LogP contribution in [0.2, 0.25) is 0 Å². The molecule has 0 aliphatic heterocycles. The van der Waals surface area contributed by atoms with Gasteiger partial charge in [-0.05, 0) is 18.6 Å². The fraction of sp³-hybridized carbons (Fsp3) is 0.308. The topological polar surface area (TPSA) is 89.0 Å². The van der Waals surface area contributed by atoms with Crippen molar-refractivity contribution >= 4 is 27.1 Å². The highest BCUT2D eigenvalue weighted by Crippen LogP contribution is 2.23. The third-order valence-electron chi connectivity index (χ3n) is 2.83. The molecule has 0 aliphatic carbocycles. The van der Waals surface area contributed by atoms with Gasteiger partial charge in [0.1, 0.15) is 5.01 Å². The normalized spacial score (nSPS) is 12.9. The van der Waals surface area contributed by atoms with E-state index in [1.165, 1.54) is 16.7 Å². The Morgan fingerprint density at radius 1 is 1.38 bits per heavy atom. The van der Waals surface area contributed by atoms with E-state index in [-0.39, 0.29) is 17.0 Å². The van der Waals surface area contributed by atoms with Crippen molar-refractivity contribution in [1.82, 2.24) is 15.3 Å². The zero-order valence-electron chi connectivity index (χ0n) is 11.6. The molecule has 1 atom stereocenters. The Morgan fingerprint density at radius 3 is 2.57 bits per heavy atom. The first kappa shape index (κ1) is 15.6. The fourth-order valence-corrected chi connectivity index (χ4v) is 3.67. The van der Waals surface area contributed by atoms with Gasteiger partial charge in [0.05, 0.1) is 6.04 Å². The molecule has 0 fully saturated rings. The standard InChI is InChI=1S/C13H15N3O3S2/c1-3-10(13-16-11(8-20-13)21(2,18)19)15-12(17)9-4-6-14-7-5-9/h4-8,10H,3H2,1-2H3,(H,15,17)/t10-/m0/s1. The van der Waals surface area contributed by atoms with Crippen molar-refractivity contribution in [1.29, 1.82) is 0 Å². The fourth-order valence-electron chi connectivity index (χ4n) is 1.69. The lowest BCUT2D eigenvalue weighted by Gasteiger charge is -2.14. The SMILES string of the molecule is CC[C@H](NC(=O)c1ccncc1)c1nc(S(C)(=O)=O)cs1. The van der Waals surface area contributed by atoms with Crippen LogP contribution in [0.3, 0.4) is 0 Å². The van der Waals surface area contributed by atoms with E-state index in [9.17, 15) is 13.2 Å². The van der Waals surface area contributed by atoms with E-state index in [1.807, 2.05) is 6.92 Å². The number of nitrogens with one attached hydrogen (secondary N) is 1. The Kier molecular flexibility index (Phi) is 4.69. The zero-order valence-corrected chi connectivity index (χ0v) is 13.2. The summed E-state index contributed by atoms with van der Waals surface area (Å²) < 4.78 is 22.9. The van der Waals surface area contributed by atoms with Gasteiger partial charge in [0.2, 0.25) is 0 Å². The number of pyridine rings is 1. The van der Waals surface area contributed by atoms with Crippen LogP contribution in [0.4, 0.5) is 0 Å². The van der Waals surface area contributed by atoms with Crippen LogP contribution < -0.4 is 5.32 Å². The molecule has 0 unspecified atom stereocenters. The third kappa shape index (κ3) is 3.85. The molecule has 2 heterocycles. The van der Waals surface area contributed by atoms with Gasteiger partial charge in [0.15, 0.2) is 14.9 Å². The number of nitrogens with zero attached hydrogens (tertiary/aromatic N) is 2. The molecular formula is C13H15N3O3S2. The van der Waals surface area contributed by atoms with Crippen molar-refractivity contribution in [3.8, 4) is 0 Å². The van der Waals surface area contributed by atoms with E-state index < -0.39 is 9.84 Å². The summed E-state index contributed by atoms with van der Waals surface area (Å²) in [5, 5.41) is 4.97. The summed E-state index contributed by atoms with van der Waals surface area (Å²) >= 11 is 1.23. The number of amides is 1. The van der Waals surface area contributed by atoms with Crippen molar-refractivity contribution in [3.63, 3.8) is 0 Å². The lowest BCUT2D eigenvalue weighted by atomic mass is 10.2. The molecule has 2 aromatic heterocycles. The average molecular weight is 325 g/mol. The minimum atomic E-state index is -3.33. The van der Waals surface area contributed by atoms with Crippen LogP contribution in [0.1, 0.15) is 34.8 Å². The smallest absolute Gasteiger partial charge is 0.251 e. The van der Waals surface area contributed by atoms with E-state index in [0.29, 0.717) is 17.0 Å². The molecule has 0 bridgehead atoms. The predicted octanol–water partition coefficient (Wildman–Crippen LogP) is 1.82. The van der Waals surface area contributed by atoms with Gasteiger partial charge >= 0.3 is 0 Å². The van der Waals surface area contributed by atoms with Crippen molar-refractivity contribution < 1.29 is 13.2 Å². The summed E-state index contributed by atoms with van der Waals surface area (Å²) in [6.45, 7) is 1.90. The summed E-state index contributed by atoms with van der Waals surface area (Å²) in [5.74, 6) is -0.236. The monoisotopic (exact) mass is 325 g/mol. The van der Waals surface area contributed by atoms with Crippen LogP contribution in [0.25, 0.3) is 0 Å². The molecule has 0 spiro atoms. The maximum absolute atomic E-state index is 12.1. The number of hydrogen-bond acceptors (Lipinski definition) is 6. The number of aromatic nitrogens is 2. The van der Waals surface area contributed by atoms with Gasteiger partial charge in [-0.25, -0.2) is 13.4 Å². The number of carbonyl (C=O) groups is 1. The highest BCUT2D eigenvalue weighted by molar-refractivity contribution is 7.90. The Labute approximate surface area is 127 Å². The highest BCUT2D eigenvalue weighted by atomic mass is 32.2. The lowest BCUT2D eigenvalue weighted by Crippen LogP contribution is -2.28. The van der Waals surface area contributed by atoms with Gasteiger partial charge in [0, 0.05) is 29.6 Å². The number of hydrogen-bond donors (Lipinski definition) is 1. The van der Waals surface area contributed by atoms with Crippen molar-refractivity contribution in [3.05, 3.63) is 40.5 Å². The highest BCUT2D eigenvalue weighted by Gasteiger charge is 2.20. The molecule has 2 rings (SSSR count). The summed E-state index contributed by atoms with van der Waals surface area (Å²) in [6.07, 6.45) is 4.82. The zero-order chi connectivity index (χ0) is 15.5. The third-order valence-corrected chi connectivity index (χ3v) is 4.91. The Morgan fingerprint density at radius 2 is 2.05 bits per heavy atom. The van der Waals surface area contributed by atoms with E-state index >= 15 is 0 Å². The second kappa shape index (κ2) is 6.31. The van der Waals surface area contributed by atoms with Gasteiger partial charge in [-0.2, -0.15) is 0 Å². The second-order valence-electron chi connectivity index (χ2n) is 4.47. The van der Waals surface area contributed by atoms with Gasteiger partial charge in [-0.1, -0.05) is 6.92 Å². The first-order chi connectivity index (χ1) is 9.91. The van der Waals surface area contributed by atoms with Crippen molar-refractivity contribution in [2.24, 2.45) is 0 Å². The molecule has 0 saturated carbocycles. The first-order valence-corrected chi connectivity index (χ1v) is 9.05. The Hall–Kier alpha value is -1.80. The number of carbonyl (C=O) groups excluding carboxylic acids is 1. The Bertz CT molecular complexity index is 726. The summed E-state index contributed by atoms with van der Waals surface area (Å²) in [7, 11) is -3.33. The molecule has 8 heteroatoms. The van der Waals surface area contributed by atoms with Crippen LogP contribution in [0, 0.1) is 0 Å². The number of thiazole rings is 1. The molecule has 0 saturated heterocycles. The molecule has 0 radical (unpaired) electrons. The molecule has 1 amide bonds. The van der Waals surface area contributed by atoms with E-state index in [4.69, 9.17) is 0 Å². The minimum Gasteiger partial charge on any atom is -0.343 e.